The highest BCUT2D eigenvalue weighted by atomic mass is 35.5. The Morgan fingerprint density at radius 3 is 2.54 bits per heavy atom. The Bertz CT molecular complexity index is 1060. The third kappa shape index (κ3) is 3.46. The van der Waals surface area contributed by atoms with E-state index in [0.717, 1.165) is 28.0 Å². The van der Waals surface area contributed by atoms with E-state index in [4.69, 9.17) is 11.6 Å². The van der Waals surface area contributed by atoms with Gasteiger partial charge in [0.15, 0.2) is 0 Å². The maximum absolute atomic E-state index is 12.3. The highest BCUT2D eigenvalue weighted by molar-refractivity contribution is 6.31. The number of aromatic nitrogens is 2. The van der Waals surface area contributed by atoms with Crippen LogP contribution in [0.1, 0.15) is 15.9 Å². The van der Waals surface area contributed by atoms with Crippen molar-refractivity contribution in [1.29, 1.82) is 0 Å². The lowest BCUT2D eigenvalue weighted by molar-refractivity contribution is 0.0951. The maximum atomic E-state index is 12.3. The quantitative estimate of drug-likeness (QED) is 0.547. The summed E-state index contributed by atoms with van der Waals surface area (Å²) in [7, 11) is 0. The van der Waals surface area contributed by atoms with Crippen molar-refractivity contribution < 1.29 is 4.79 Å². The lowest BCUT2D eigenvalue weighted by Gasteiger charge is -2.06. The van der Waals surface area contributed by atoms with E-state index in [1.807, 2.05) is 60.7 Å². The molecule has 0 radical (unpaired) electrons. The molecule has 1 amide bonds. The summed E-state index contributed by atoms with van der Waals surface area (Å²) < 4.78 is 0. The number of nitrogens with one attached hydrogen (secondary N) is 2. The molecule has 0 unspecified atom stereocenters. The zero-order chi connectivity index (χ0) is 17.9. The van der Waals surface area contributed by atoms with Gasteiger partial charge in [-0.15, -0.1) is 0 Å². The Kier molecular flexibility index (Phi) is 4.42. The second-order valence-corrected chi connectivity index (χ2v) is 6.43. The third-order valence-electron chi connectivity index (χ3n) is 4.16. The highest BCUT2D eigenvalue weighted by Crippen LogP contribution is 2.23. The van der Waals surface area contributed by atoms with Gasteiger partial charge in [-0.3, -0.25) is 4.79 Å². The smallest absolute Gasteiger partial charge is 0.251 e. The van der Waals surface area contributed by atoms with Gasteiger partial charge in [-0.25, -0.2) is 4.98 Å². The average Bonchev–Trinajstić information content (AvgIpc) is 3.10. The number of amides is 1. The Balaban J connectivity index is 1.49. The van der Waals surface area contributed by atoms with Crippen molar-refractivity contribution in [3.63, 3.8) is 0 Å². The van der Waals surface area contributed by atoms with Gasteiger partial charge in [-0.2, -0.15) is 0 Å². The molecular weight excluding hydrogens is 346 g/mol. The van der Waals surface area contributed by atoms with E-state index in [9.17, 15) is 4.79 Å². The lowest BCUT2D eigenvalue weighted by atomic mass is 10.1. The van der Waals surface area contributed by atoms with Crippen molar-refractivity contribution in [2.75, 3.05) is 0 Å². The van der Waals surface area contributed by atoms with Gasteiger partial charge in [-0.1, -0.05) is 54.1 Å². The summed E-state index contributed by atoms with van der Waals surface area (Å²) in [6, 6.07) is 22.7. The molecule has 1 heterocycles. The molecular formula is C21H16ClN3O. The Labute approximate surface area is 155 Å². The van der Waals surface area contributed by atoms with Crippen LogP contribution in [0.3, 0.4) is 0 Å². The summed E-state index contributed by atoms with van der Waals surface area (Å²) in [5.74, 6) is 0.648. The van der Waals surface area contributed by atoms with E-state index >= 15 is 0 Å². The molecule has 0 aliphatic carbocycles. The molecule has 0 aliphatic heterocycles. The van der Waals surface area contributed by atoms with Crippen LogP contribution in [0, 0.1) is 0 Å². The van der Waals surface area contributed by atoms with E-state index in [0.29, 0.717) is 17.1 Å². The number of imidazole rings is 1. The van der Waals surface area contributed by atoms with Crippen LogP contribution in [-0.2, 0) is 6.54 Å². The maximum Gasteiger partial charge on any atom is 0.251 e. The fourth-order valence-electron chi connectivity index (χ4n) is 2.78. The summed E-state index contributed by atoms with van der Waals surface area (Å²) in [5.41, 5.74) is 4.34. The second-order valence-electron chi connectivity index (χ2n) is 5.99. The molecule has 4 rings (SSSR count). The number of H-pyrrole nitrogens is 1. The first kappa shape index (κ1) is 16.4. The number of carbonyl (C=O) groups is 1. The highest BCUT2D eigenvalue weighted by Gasteiger charge is 2.09. The summed E-state index contributed by atoms with van der Waals surface area (Å²) >= 11 is 6.01. The first-order chi connectivity index (χ1) is 12.7. The van der Waals surface area contributed by atoms with E-state index < -0.39 is 0 Å². The molecule has 0 saturated carbocycles. The molecule has 0 saturated heterocycles. The lowest BCUT2D eigenvalue weighted by Crippen LogP contribution is -2.22. The predicted molar refractivity (Wildman–Crippen MR) is 104 cm³/mol. The fourth-order valence-corrected chi connectivity index (χ4v) is 2.95. The number of hydrogen-bond acceptors (Lipinski definition) is 2. The molecule has 4 nitrogen and oxygen atoms in total. The van der Waals surface area contributed by atoms with E-state index in [1.54, 1.807) is 12.1 Å². The summed E-state index contributed by atoms with van der Waals surface area (Å²) in [6.45, 7) is 0.506. The van der Waals surface area contributed by atoms with Crippen molar-refractivity contribution in [3.8, 4) is 11.4 Å². The molecule has 0 aliphatic rings. The minimum Gasteiger partial charge on any atom is -0.348 e. The zero-order valence-electron chi connectivity index (χ0n) is 13.9. The Hall–Kier alpha value is -3.11. The van der Waals surface area contributed by atoms with Crippen molar-refractivity contribution in [2.24, 2.45) is 0 Å². The molecule has 1 aromatic heterocycles. The topological polar surface area (TPSA) is 57.8 Å². The number of aromatic amines is 1. The first-order valence-corrected chi connectivity index (χ1v) is 8.65. The number of nitrogens with zero attached hydrogens (tertiary/aromatic N) is 1. The van der Waals surface area contributed by atoms with Gasteiger partial charge in [0.2, 0.25) is 0 Å². The molecule has 5 heteroatoms. The van der Waals surface area contributed by atoms with E-state index in [1.165, 1.54) is 0 Å². The monoisotopic (exact) mass is 361 g/mol. The minimum atomic E-state index is -0.100. The number of fused-ring (bicyclic) bond motifs is 1. The normalized spacial score (nSPS) is 10.8. The Morgan fingerprint density at radius 1 is 1.00 bits per heavy atom. The number of hydrogen-bond donors (Lipinski definition) is 2. The minimum absolute atomic E-state index is 0.100. The standard InChI is InChI=1S/C21H16ClN3O/c22-17-10-11-18-19(12-17)25-20(24-18)15-6-8-16(9-7-15)21(26)23-13-14-4-2-1-3-5-14/h1-12H,13H2,(H,23,26)(H,24,25). The number of carbonyl (C=O) groups excluding carboxylic acids is 1. The third-order valence-corrected chi connectivity index (χ3v) is 4.40. The van der Waals surface area contributed by atoms with Crippen LogP contribution >= 0.6 is 11.6 Å². The Morgan fingerprint density at radius 2 is 1.77 bits per heavy atom. The van der Waals surface area contributed by atoms with Gasteiger partial charge in [-0.05, 0) is 35.9 Å². The largest absolute Gasteiger partial charge is 0.348 e. The molecule has 2 N–H and O–H groups in total. The summed E-state index contributed by atoms with van der Waals surface area (Å²) in [6.07, 6.45) is 0. The number of rotatable bonds is 4. The van der Waals surface area contributed by atoms with Crippen LogP contribution < -0.4 is 5.32 Å². The molecule has 0 spiro atoms. The molecule has 0 bridgehead atoms. The first-order valence-electron chi connectivity index (χ1n) is 8.27. The van der Waals surface area contributed by atoms with Gasteiger partial charge in [0.1, 0.15) is 5.82 Å². The summed E-state index contributed by atoms with van der Waals surface area (Å²) in [4.78, 5) is 20.1. The van der Waals surface area contributed by atoms with Crippen molar-refractivity contribution in [1.82, 2.24) is 15.3 Å². The van der Waals surface area contributed by atoms with Crippen LogP contribution in [0.15, 0.2) is 72.8 Å². The van der Waals surface area contributed by atoms with Crippen molar-refractivity contribution in [3.05, 3.63) is 88.9 Å². The van der Waals surface area contributed by atoms with Crippen LogP contribution in [-0.4, -0.2) is 15.9 Å². The molecule has 0 fully saturated rings. The van der Waals surface area contributed by atoms with Crippen molar-refractivity contribution >= 4 is 28.5 Å². The predicted octanol–water partition coefficient (Wildman–Crippen LogP) is 4.81. The number of benzene rings is 3. The van der Waals surface area contributed by atoms with Crippen molar-refractivity contribution in [2.45, 2.75) is 6.54 Å². The summed E-state index contributed by atoms with van der Waals surface area (Å²) in [5, 5.41) is 3.59. The second kappa shape index (κ2) is 7.02. The van der Waals surface area contributed by atoms with Crippen LogP contribution in [0.2, 0.25) is 5.02 Å². The van der Waals surface area contributed by atoms with Gasteiger partial charge >= 0.3 is 0 Å². The van der Waals surface area contributed by atoms with E-state index in [-0.39, 0.29) is 5.91 Å². The molecule has 3 aromatic carbocycles. The molecule has 26 heavy (non-hydrogen) atoms. The fraction of sp³-hybridized carbons (Fsp3) is 0.0476. The van der Waals surface area contributed by atoms with Crippen LogP contribution in [0.4, 0.5) is 0 Å². The number of halogens is 1. The van der Waals surface area contributed by atoms with E-state index in [2.05, 4.69) is 15.3 Å². The zero-order valence-corrected chi connectivity index (χ0v) is 14.6. The van der Waals surface area contributed by atoms with Gasteiger partial charge in [0.25, 0.3) is 5.91 Å². The van der Waals surface area contributed by atoms with Gasteiger partial charge in [0, 0.05) is 22.7 Å². The van der Waals surface area contributed by atoms with Gasteiger partial charge in [0.05, 0.1) is 11.0 Å². The van der Waals surface area contributed by atoms with Crippen LogP contribution in [0.25, 0.3) is 22.4 Å². The SMILES string of the molecule is O=C(NCc1ccccc1)c1ccc(-c2nc3ccc(Cl)cc3[nH]2)cc1. The molecule has 128 valence electrons. The average molecular weight is 362 g/mol. The van der Waals surface area contributed by atoms with Crippen LogP contribution in [0.5, 0.6) is 0 Å². The van der Waals surface area contributed by atoms with Gasteiger partial charge < -0.3 is 10.3 Å². The molecule has 0 atom stereocenters. The molecule has 4 aromatic rings.